The van der Waals surface area contributed by atoms with Gasteiger partial charge < -0.3 is 10.3 Å². The van der Waals surface area contributed by atoms with Crippen molar-refractivity contribution in [3.63, 3.8) is 0 Å². The van der Waals surface area contributed by atoms with E-state index in [1.807, 2.05) is 30.3 Å². The summed E-state index contributed by atoms with van der Waals surface area (Å²) in [5.41, 5.74) is 2.66. The van der Waals surface area contributed by atoms with Crippen molar-refractivity contribution in [3.8, 4) is 6.07 Å². The summed E-state index contributed by atoms with van der Waals surface area (Å²) >= 11 is 3.43. The second-order valence-corrected chi connectivity index (χ2v) is 6.06. The van der Waals surface area contributed by atoms with Gasteiger partial charge in [-0.15, -0.1) is 0 Å². The smallest absolute Gasteiger partial charge is 0.262 e. The summed E-state index contributed by atoms with van der Waals surface area (Å²) in [6.45, 7) is 0.325. The van der Waals surface area contributed by atoms with E-state index in [-0.39, 0.29) is 5.57 Å². The van der Waals surface area contributed by atoms with Crippen LogP contribution in [0.1, 0.15) is 11.1 Å². The van der Waals surface area contributed by atoms with Crippen LogP contribution < -0.4 is 5.32 Å². The Morgan fingerprint density at radius 1 is 1.42 bits per heavy atom. The lowest BCUT2D eigenvalue weighted by atomic mass is 10.1. The van der Waals surface area contributed by atoms with Crippen molar-refractivity contribution >= 4 is 38.8 Å². The van der Waals surface area contributed by atoms with Gasteiger partial charge in [-0.25, -0.2) is 0 Å². The first-order chi connectivity index (χ1) is 11.7. The molecule has 0 unspecified atom stereocenters. The number of amides is 1. The SMILES string of the molecule is N#CC(=Cc1c[nH]c2ccc(Br)cc12)C(=O)NCc1cccnc1. The number of fused-ring (bicyclic) bond motifs is 1. The Labute approximate surface area is 147 Å². The summed E-state index contributed by atoms with van der Waals surface area (Å²) < 4.78 is 0.934. The van der Waals surface area contributed by atoms with Gasteiger partial charge in [-0.3, -0.25) is 9.78 Å². The van der Waals surface area contributed by atoms with E-state index in [1.165, 1.54) is 0 Å². The first-order valence-electron chi connectivity index (χ1n) is 7.23. The molecule has 0 aliphatic carbocycles. The zero-order valence-corrected chi connectivity index (χ0v) is 14.2. The third-order valence-electron chi connectivity index (χ3n) is 3.52. The molecular formula is C18H13BrN4O. The van der Waals surface area contributed by atoms with Crippen LogP contribution in [0.25, 0.3) is 17.0 Å². The highest BCUT2D eigenvalue weighted by atomic mass is 79.9. The molecule has 5 nitrogen and oxygen atoms in total. The molecule has 0 radical (unpaired) electrons. The zero-order valence-electron chi connectivity index (χ0n) is 12.6. The van der Waals surface area contributed by atoms with Crippen LogP contribution in [-0.2, 0) is 11.3 Å². The number of carbonyl (C=O) groups is 1. The molecule has 0 fully saturated rings. The van der Waals surface area contributed by atoms with Gasteiger partial charge >= 0.3 is 0 Å². The summed E-state index contributed by atoms with van der Waals surface area (Å²) in [5.74, 6) is -0.411. The molecule has 0 aliphatic heterocycles. The summed E-state index contributed by atoms with van der Waals surface area (Å²) in [7, 11) is 0. The van der Waals surface area contributed by atoms with E-state index < -0.39 is 5.91 Å². The molecule has 2 heterocycles. The Bertz CT molecular complexity index is 954. The fourth-order valence-electron chi connectivity index (χ4n) is 2.32. The molecule has 0 saturated heterocycles. The van der Waals surface area contributed by atoms with Crippen molar-refractivity contribution in [1.82, 2.24) is 15.3 Å². The van der Waals surface area contributed by atoms with E-state index in [2.05, 4.69) is 31.2 Å². The Kier molecular flexibility index (Phi) is 4.73. The van der Waals surface area contributed by atoms with Gasteiger partial charge in [0.15, 0.2) is 0 Å². The van der Waals surface area contributed by atoms with Crippen LogP contribution in [0.15, 0.2) is 59.0 Å². The monoisotopic (exact) mass is 380 g/mol. The molecular weight excluding hydrogens is 368 g/mol. The summed E-state index contributed by atoms with van der Waals surface area (Å²) in [6.07, 6.45) is 6.71. The Hall–Kier alpha value is -2.91. The first kappa shape index (κ1) is 16.0. The Morgan fingerprint density at radius 3 is 3.04 bits per heavy atom. The summed E-state index contributed by atoms with van der Waals surface area (Å²) in [4.78, 5) is 19.4. The number of carbonyl (C=O) groups excluding carboxylic acids is 1. The van der Waals surface area contributed by atoms with Gasteiger partial charge in [0.05, 0.1) is 0 Å². The minimum absolute atomic E-state index is 0.0553. The number of pyridine rings is 1. The van der Waals surface area contributed by atoms with Gasteiger partial charge in [0, 0.05) is 46.1 Å². The molecule has 0 bridgehead atoms. The molecule has 2 aromatic heterocycles. The highest BCUT2D eigenvalue weighted by molar-refractivity contribution is 9.10. The van der Waals surface area contributed by atoms with Gasteiger partial charge in [-0.2, -0.15) is 5.26 Å². The number of aromatic nitrogens is 2. The standard InChI is InChI=1S/C18H13BrN4O/c19-15-3-4-17-16(7-15)14(11-22-17)6-13(8-20)18(24)23-10-12-2-1-5-21-9-12/h1-7,9,11,22H,10H2,(H,23,24). The van der Waals surface area contributed by atoms with Crippen LogP contribution in [-0.4, -0.2) is 15.9 Å². The topological polar surface area (TPSA) is 81.6 Å². The third-order valence-corrected chi connectivity index (χ3v) is 4.01. The van der Waals surface area contributed by atoms with Crippen molar-refractivity contribution in [1.29, 1.82) is 5.26 Å². The number of halogens is 1. The molecule has 3 rings (SSSR count). The molecule has 24 heavy (non-hydrogen) atoms. The number of hydrogen-bond donors (Lipinski definition) is 2. The van der Waals surface area contributed by atoms with Crippen LogP contribution in [0, 0.1) is 11.3 Å². The van der Waals surface area contributed by atoms with Crippen molar-refractivity contribution in [2.24, 2.45) is 0 Å². The van der Waals surface area contributed by atoms with Crippen LogP contribution >= 0.6 is 15.9 Å². The predicted octanol–water partition coefficient (Wildman–Crippen LogP) is 3.55. The molecule has 0 saturated carbocycles. The van der Waals surface area contributed by atoms with E-state index in [0.29, 0.717) is 6.54 Å². The minimum atomic E-state index is -0.411. The largest absolute Gasteiger partial charge is 0.361 e. The Morgan fingerprint density at radius 2 is 2.29 bits per heavy atom. The normalized spacial score (nSPS) is 11.2. The maximum absolute atomic E-state index is 12.2. The summed E-state index contributed by atoms with van der Waals surface area (Å²) in [6, 6.07) is 11.4. The van der Waals surface area contributed by atoms with Crippen molar-refractivity contribution < 1.29 is 4.79 Å². The van der Waals surface area contributed by atoms with E-state index >= 15 is 0 Å². The maximum Gasteiger partial charge on any atom is 0.262 e. The fourth-order valence-corrected chi connectivity index (χ4v) is 2.68. The molecule has 0 atom stereocenters. The van der Waals surface area contributed by atoms with Crippen LogP contribution in [0.5, 0.6) is 0 Å². The maximum atomic E-state index is 12.2. The number of H-pyrrole nitrogens is 1. The number of nitrogens with zero attached hydrogens (tertiary/aromatic N) is 2. The zero-order chi connectivity index (χ0) is 16.9. The van der Waals surface area contributed by atoms with Crippen LogP contribution in [0.3, 0.4) is 0 Å². The molecule has 118 valence electrons. The average molecular weight is 381 g/mol. The molecule has 1 aromatic carbocycles. The second-order valence-electron chi connectivity index (χ2n) is 5.15. The second kappa shape index (κ2) is 7.11. The lowest BCUT2D eigenvalue weighted by Crippen LogP contribution is -2.23. The van der Waals surface area contributed by atoms with Gasteiger partial charge in [-0.05, 0) is 35.9 Å². The van der Waals surface area contributed by atoms with Gasteiger partial charge in [0.25, 0.3) is 5.91 Å². The van der Waals surface area contributed by atoms with Gasteiger partial charge in [0.1, 0.15) is 11.6 Å². The molecule has 6 heteroatoms. The number of rotatable bonds is 4. The molecule has 2 N–H and O–H groups in total. The molecule has 3 aromatic rings. The molecule has 1 amide bonds. The van der Waals surface area contributed by atoms with Crippen LogP contribution in [0.4, 0.5) is 0 Å². The van der Waals surface area contributed by atoms with E-state index in [0.717, 1.165) is 26.5 Å². The van der Waals surface area contributed by atoms with E-state index in [9.17, 15) is 10.1 Å². The number of nitrogens with one attached hydrogen (secondary N) is 2. The fraction of sp³-hybridized carbons (Fsp3) is 0.0556. The Balaban J connectivity index is 1.82. The number of benzene rings is 1. The number of hydrogen-bond acceptors (Lipinski definition) is 3. The number of aromatic amines is 1. The quantitative estimate of drug-likeness (QED) is 0.536. The lowest BCUT2D eigenvalue weighted by Gasteiger charge is -2.04. The van der Waals surface area contributed by atoms with E-state index in [4.69, 9.17) is 0 Å². The highest BCUT2D eigenvalue weighted by Crippen LogP contribution is 2.24. The number of nitriles is 1. The highest BCUT2D eigenvalue weighted by Gasteiger charge is 2.11. The van der Waals surface area contributed by atoms with E-state index in [1.54, 1.807) is 30.7 Å². The van der Waals surface area contributed by atoms with Gasteiger partial charge in [0.2, 0.25) is 0 Å². The third kappa shape index (κ3) is 3.53. The lowest BCUT2D eigenvalue weighted by molar-refractivity contribution is -0.117. The minimum Gasteiger partial charge on any atom is -0.361 e. The molecule has 0 spiro atoms. The first-order valence-corrected chi connectivity index (χ1v) is 8.02. The van der Waals surface area contributed by atoms with Crippen LogP contribution in [0.2, 0.25) is 0 Å². The average Bonchev–Trinajstić information content (AvgIpc) is 3.00. The van der Waals surface area contributed by atoms with Gasteiger partial charge in [-0.1, -0.05) is 22.0 Å². The summed E-state index contributed by atoms with van der Waals surface area (Å²) in [5, 5.41) is 13.0. The van der Waals surface area contributed by atoms with Crippen molar-refractivity contribution in [2.45, 2.75) is 6.54 Å². The predicted molar refractivity (Wildman–Crippen MR) is 95.7 cm³/mol. The van der Waals surface area contributed by atoms with Crippen molar-refractivity contribution in [2.75, 3.05) is 0 Å². The molecule has 0 aliphatic rings. The van der Waals surface area contributed by atoms with Crippen molar-refractivity contribution in [3.05, 3.63) is 70.1 Å².